The Hall–Kier alpha value is -1.12. The minimum absolute atomic E-state index is 0.531. The van der Waals surface area contributed by atoms with Crippen LogP contribution in [0.1, 0.15) is 30.9 Å². The largest absolute Gasteiger partial charge is 0.380 e. The fourth-order valence-corrected chi connectivity index (χ4v) is 2.00. The lowest BCUT2D eigenvalue weighted by atomic mass is 10.0. The molecule has 0 aromatic heterocycles. The fourth-order valence-electron chi connectivity index (χ4n) is 2.00. The second kappa shape index (κ2) is 9.76. The number of aryl methyl sites for hydroxylation is 2. The highest BCUT2D eigenvalue weighted by molar-refractivity contribution is 5.22. The molecule has 106 valence electrons. The smallest absolute Gasteiger partial charge is 0.0591 e. The molecule has 0 saturated heterocycles. The summed E-state index contributed by atoms with van der Waals surface area (Å²) >= 11 is 0. The van der Waals surface area contributed by atoms with E-state index in [1.54, 1.807) is 0 Å². The van der Waals surface area contributed by atoms with Gasteiger partial charge in [0.1, 0.15) is 0 Å². The van der Waals surface area contributed by atoms with Gasteiger partial charge in [0.05, 0.1) is 13.2 Å². The van der Waals surface area contributed by atoms with E-state index in [-0.39, 0.29) is 0 Å². The molecule has 2 heteroatoms. The first-order chi connectivity index (χ1) is 9.22. The molecule has 0 aliphatic rings. The van der Waals surface area contributed by atoms with Crippen molar-refractivity contribution in [2.45, 2.75) is 39.2 Å². The fraction of sp³-hybridized carbons (Fsp3) is 0.529. The van der Waals surface area contributed by atoms with Crippen molar-refractivity contribution in [3.05, 3.63) is 48.0 Å². The third-order valence-electron chi connectivity index (χ3n) is 3.15. The summed E-state index contributed by atoms with van der Waals surface area (Å²) < 4.78 is 5.47. The van der Waals surface area contributed by atoms with Gasteiger partial charge >= 0.3 is 0 Å². The summed E-state index contributed by atoms with van der Waals surface area (Å²) in [4.78, 5) is 0. The van der Waals surface area contributed by atoms with Crippen LogP contribution in [0.5, 0.6) is 0 Å². The molecule has 1 aromatic carbocycles. The van der Waals surface area contributed by atoms with Crippen LogP contribution in [0.2, 0.25) is 0 Å². The zero-order valence-electron chi connectivity index (χ0n) is 12.3. The van der Waals surface area contributed by atoms with Gasteiger partial charge in [0.25, 0.3) is 0 Å². The van der Waals surface area contributed by atoms with E-state index >= 15 is 0 Å². The average molecular weight is 261 g/mol. The van der Waals surface area contributed by atoms with Crippen LogP contribution in [-0.4, -0.2) is 25.8 Å². The molecule has 1 unspecified atom stereocenters. The lowest BCUT2D eigenvalue weighted by Crippen LogP contribution is -2.29. The van der Waals surface area contributed by atoms with E-state index in [0.717, 1.165) is 39.0 Å². The van der Waals surface area contributed by atoms with Crippen molar-refractivity contribution < 1.29 is 4.74 Å². The molecule has 0 saturated carbocycles. The van der Waals surface area contributed by atoms with Crippen molar-refractivity contribution in [3.8, 4) is 0 Å². The van der Waals surface area contributed by atoms with E-state index < -0.39 is 0 Å². The van der Waals surface area contributed by atoms with E-state index in [0.29, 0.717) is 6.04 Å². The molecule has 2 nitrogen and oxygen atoms in total. The van der Waals surface area contributed by atoms with Crippen molar-refractivity contribution in [3.63, 3.8) is 0 Å². The SMILES string of the molecule is C=CCCOCCNC(C)CCc1cccc(C)c1. The number of nitrogens with one attached hydrogen (secondary N) is 1. The average Bonchev–Trinajstić information content (AvgIpc) is 2.40. The lowest BCUT2D eigenvalue weighted by Gasteiger charge is -2.14. The van der Waals surface area contributed by atoms with Gasteiger partial charge in [-0.05, 0) is 38.7 Å². The summed E-state index contributed by atoms with van der Waals surface area (Å²) in [6, 6.07) is 9.29. The number of rotatable bonds is 10. The molecule has 19 heavy (non-hydrogen) atoms. The number of hydrogen-bond acceptors (Lipinski definition) is 2. The van der Waals surface area contributed by atoms with Crippen molar-refractivity contribution in [1.82, 2.24) is 5.32 Å². The van der Waals surface area contributed by atoms with Crippen molar-refractivity contribution in [1.29, 1.82) is 0 Å². The molecule has 0 fully saturated rings. The first-order valence-electron chi connectivity index (χ1n) is 7.20. The highest BCUT2D eigenvalue weighted by Crippen LogP contribution is 2.07. The van der Waals surface area contributed by atoms with Crippen LogP contribution in [0.15, 0.2) is 36.9 Å². The van der Waals surface area contributed by atoms with Crippen LogP contribution in [0, 0.1) is 6.92 Å². The maximum atomic E-state index is 5.47. The van der Waals surface area contributed by atoms with E-state index in [1.807, 2.05) is 6.08 Å². The molecule has 1 aromatic rings. The van der Waals surface area contributed by atoms with Crippen LogP contribution in [0.4, 0.5) is 0 Å². The minimum Gasteiger partial charge on any atom is -0.380 e. The first kappa shape index (κ1) is 15.9. The van der Waals surface area contributed by atoms with Gasteiger partial charge in [-0.2, -0.15) is 0 Å². The van der Waals surface area contributed by atoms with Crippen molar-refractivity contribution in [2.24, 2.45) is 0 Å². The number of ether oxygens (including phenoxy) is 1. The van der Waals surface area contributed by atoms with Crippen molar-refractivity contribution >= 4 is 0 Å². The zero-order valence-corrected chi connectivity index (χ0v) is 12.3. The van der Waals surface area contributed by atoms with Crippen LogP contribution in [-0.2, 0) is 11.2 Å². The van der Waals surface area contributed by atoms with Crippen molar-refractivity contribution in [2.75, 3.05) is 19.8 Å². The highest BCUT2D eigenvalue weighted by Gasteiger charge is 2.02. The Labute approximate surface area is 117 Å². The second-order valence-electron chi connectivity index (χ2n) is 5.07. The standard InChI is InChI=1S/C17H27NO/c1-4-5-12-19-13-11-18-16(3)9-10-17-8-6-7-15(2)14-17/h4,6-8,14,16,18H,1,5,9-13H2,2-3H3. The van der Waals surface area contributed by atoms with Gasteiger partial charge in [-0.3, -0.25) is 0 Å². The summed E-state index contributed by atoms with van der Waals surface area (Å²) in [7, 11) is 0. The van der Waals surface area contributed by atoms with E-state index in [4.69, 9.17) is 4.74 Å². The van der Waals surface area contributed by atoms with Gasteiger partial charge < -0.3 is 10.1 Å². The molecule has 0 radical (unpaired) electrons. The summed E-state index contributed by atoms with van der Waals surface area (Å²) in [5.41, 5.74) is 2.77. The predicted molar refractivity (Wildman–Crippen MR) is 82.6 cm³/mol. The summed E-state index contributed by atoms with van der Waals surface area (Å²) in [5.74, 6) is 0. The predicted octanol–water partition coefficient (Wildman–Crippen LogP) is 3.50. The Bertz CT molecular complexity index is 362. The molecule has 1 atom stereocenters. The molecule has 0 heterocycles. The minimum atomic E-state index is 0.531. The first-order valence-corrected chi connectivity index (χ1v) is 7.20. The maximum absolute atomic E-state index is 5.47. The lowest BCUT2D eigenvalue weighted by molar-refractivity contribution is 0.138. The van der Waals surface area contributed by atoms with Gasteiger partial charge in [0.15, 0.2) is 0 Å². The molecule has 0 bridgehead atoms. The Morgan fingerprint density at radius 1 is 1.37 bits per heavy atom. The number of hydrogen-bond donors (Lipinski definition) is 1. The van der Waals surface area contributed by atoms with Crippen LogP contribution >= 0.6 is 0 Å². The Morgan fingerprint density at radius 2 is 2.21 bits per heavy atom. The maximum Gasteiger partial charge on any atom is 0.0591 e. The molecular formula is C17H27NO. The molecule has 0 aliphatic carbocycles. The van der Waals surface area contributed by atoms with Gasteiger partial charge in [0, 0.05) is 12.6 Å². The normalized spacial score (nSPS) is 12.3. The zero-order chi connectivity index (χ0) is 13.9. The van der Waals surface area contributed by atoms with Gasteiger partial charge in [-0.1, -0.05) is 35.9 Å². The summed E-state index contributed by atoms with van der Waals surface area (Å²) in [6.45, 7) is 10.5. The van der Waals surface area contributed by atoms with Gasteiger partial charge in [-0.25, -0.2) is 0 Å². The third kappa shape index (κ3) is 7.81. The second-order valence-corrected chi connectivity index (χ2v) is 5.07. The Morgan fingerprint density at radius 3 is 2.95 bits per heavy atom. The van der Waals surface area contributed by atoms with Crippen LogP contribution < -0.4 is 5.32 Å². The van der Waals surface area contributed by atoms with Gasteiger partial charge in [-0.15, -0.1) is 6.58 Å². The van der Waals surface area contributed by atoms with Crippen LogP contribution in [0.3, 0.4) is 0 Å². The summed E-state index contributed by atoms with van der Waals surface area (Å²) in [5, 5.41) is 3.49. The topological polar surface area (TPSA) is 21.3 Å². The molecule has 0 amide bonds. The Kier molecular flexibility index (Phi) is 8.19. The quantitative estimate of drug-likeness (QED) is 0.514. The molecule has 1 N–H and O–H groups in total. The van der Waals surface area contributed by atoms with E-state index in [1.165, 1.54) is 11.1 Å². The van der Waals surface area contributed by atoms with Crippen LogP contribution in [0.25, 0.3) is 0 Å². The third-order valence-corrected chi connectivity index (χ3v) is 3.15. The summed E-state index contributed by atoms with van der Waals surface area (Å²) in [6.07, 6.45) is 5.12. The van der Waals surface area contributed by atoms with E-state index in [9.17, 15) is 0 Å². The monoisotopic (exact) mass is 261 g/mol. The van der Waals surface area contributed by atoms with E-state index in [2.05, 4.69) is 50.0 Å². The molecule has 1 rings (SSSR count). The molecular weight excluding hydrogens is 234 g/mol. The molecule has 0 spiro atoms. The van der Waals surface area contributed by atoms with Gasteiger partial charge in [0.2, 0.25) is 0 Å². The highest BCUT2D eigenvalue weighted by atomic mass is 16.5. The molecule has 0 aliphatic heterocycles. The Balaban J connectivity index is 2.07. The number of benzene rings is 1.